The molecule has 0 aliphatic heterocycles. The van der Waals surface area contributed by atoms with Gasteiger partial charge in [-0.05, 0) is 42.7 Å². The molecule has 0 radical (unpaired) electrons. The van der Waals surface area contributed by atoms with Gasteiger partial charge in [-0.15, -0.1) is 11.8 Å². The van der Waals surface area contributed by atoms with Crippen LogP contribution in [0.5, 0.6) is 11.5 Å². The van der Waals surface area contributed by atoms with E-state index in [2.05, 4.69) is 5.32 Å². The zero-order valence-electron chi connectivity index (χ0n) is 11.9. The zero-order chi connectivity index (χ0) is 15.8. The Morgan fingerprint density at radius 3 is 2.32 bits per heavy atom. The fourth-order valence-corrected chi connectivity index (χ4v) is 2.00. The molecule has 0 atom stereocenters. The summed E-state index contributed by atoms with van der Waals surface area (Å²) >= 11 is 1.58. The molecule has 0 spiro atoms. The van der Waals surface area contributed by atoms with Crippen LogP contribution < -0.4 is 14.8 Å². The van der Waals surface area contributed by atoms with Crippen molar-refractivity contribution in [2.75, 3.05) is 12.9 Å². The predicted molar refractivity (Wildman–Crippen MR) is 84.3 cm³/mol. The average molecular weight is 317 g/mol. The normalized spacial score (nSPS) is 9.86. The predicted octanol–water partition coefficient (Wildman–Crippen LogP) is 3.10. The molecular weight excluding hydrogens is 302 g/mol. The fraction of sp³-hybridized carbons (Fsp3) is 0.125. The van der Waals surface area contributed by atoms with Gasteiger partial charge in [0.15, 0.2) is 6.61 Å². The maximum absolute atomic E-state index is 11.6. The molecule has 0 bridgehead atoms. The number of benzene rings is 2. The molecule has 0 saturated heterocycles. The van der Waals surface area contributed by atoms with Crippen LogP contribution in [0.1, 0.15) is 0 Å². The largest absolute Gasteiger partial charge is 0.484 e. The Kier molecular flexibility index (Phi) is 5.85. The fourth-order valence-electron chi connectivity index (χ4n) is 1.59. The van der Waals surface area contributed by atoms with Crippen LogP contribution in [0.2, 0.25) is 0 Å². The molecular formula is C16H15NO4S. The van der Waals surface area contributed by atoms with Crippen molar-refractivity contribution in [1.29, 1.82) is 0 Å². The number of hydrogen-bond acceptors (Lipinski definition) is 5. The number of rotatable bonds is 5. The standard InChI is InChI=1S/C16H15NO4S/c1-22-14-9-7-13(8-10-14)21-16(19)17-15(18)11-20-12-5-3-2-4-6-12/h2-10H,11H2,1H3,(H,17,18,19). The number of thioether (sulfide) groups is 1. The molecule has 114 valence electrons. The first-order valence-electron chi connectivity index (χ1n) is 6.51. The first kappa shape index (κ1) is 15.9. The minimum atomic E-state index is -0.835. The topological polar surface area (TPSA) is 64.6 Å². The Bertz CT molecular complexity index is 628. The molecule has 2 rings (SSSR count). The Balaban J connectivity index is 1.77. The van der Waals surface area contributed by atoms with Gasteiger partial charge in [-0.3, -0.25) is 10.1 Å². The lowest BCUT2D eigenvalue weighted by Gasteiger charge is -2.07. The van der Waals surface area contributed by atoms with Crippen molar-refractivity contribution >= 4 is 23.8 Å². The van der Waals surface area contributed by atoms with Crippen molar-refractivity contribution < 1.29 is 19.1 Å². The minimum absolute atomic E-state index is 0.259. The number of ether oxygens (including phenoxy) is 2. The van der Waals surface area contributed by atoms with E-state index in [0.29, 0.717) is 11.5 Å². The van der Waals surface area contributed by atoms with Gasteiger partial charge in [0.25, 0.3) is 5.91 Å². The highest BCUT2D eigenvalue weighted by Crippen LogP contribution is 2.18. The maximum Gasteiger partial charge on any atom is 0.419 e. The molecule has 5 nitrogen and oxygen atoms in total. The Morgan fingerprint density at radius 2 is 1.68 bits per heavy atom. The van der Waals surface area contributed by atoms with E-state index < -0.39 is 12.0 Å². The summed E-state index contributed by atoms with van der Waals surface area (Å²) in [6.45, 7) is -0.259. The van der Waals surface area contributed by atoms with Gasteiger partial charge >= 0.3 is 6.09 Å². The molecule has 2 aromatic rings. The van der Waals surface area contributed by atoms with Gasteiger partial charge in [0.05, 0.1) is 0 Å². The van der Waals surface area contributed by atoms with Gasteiger partial charge in [-0.1, -0.05) is 18.2 Å². The second-order valence-electron chi connectivity index (χ2n) is 4.21. The van der Waals surface area contributed by atoms with Crippen molar-refractivity contribution in [3.8, 4) is 11.5 Å². The summed E-state index contributed by atoms with van der Waals surface area (Å²) in [5.74, 6) is 0.348. The average Bonchev–Trinajstić information content (AvgIpc) is 2.54. The van der Waals surface area contributed by atoms with Crippen molar-refractivity contribution in [3.63, 3.8) is 0 Å². The van der Waals surface area contributed by atoms with Crippen molar-refractivity contribution in [3.05, 3.63) is 54.6 Å². The number of carbonyl (C=O) groups is 2. The maximum atomic E-state index is 11.6. The van der Waals surface area contributed by atoms with Gasteiger partial charge in [0.1, 0.15) is 11.5 Å². The molecule has 2 amide bonds. The van der Waals surface area contributed by atoms with Gasteiger partial charge in [-0.25, -0.2) is 4.79 Å². The number of para-hydroxylation sites is 1. The second kappa shape index (κ2) is 8.09. The first-order chi connectivity index (χ1) is 10.7. The minimum Gasteiger partial charge on any atom is -0.484 e. The summed E-state index contributed by atoms with van der Waals surface area (Å²) < 4.78 is 10.2. The first-order valence-corrected chi connectivity index (χ1v) is 7.73. The van der Waals surface area contributed by atoms with E-state index in [0.717, 1.165) is 4.90 Å². The number of amides is 2. The lowest BCUT2D eigenvalue weighted by Crippen LogP contribution is -2.36. The van der Waals surface area contributed by atoms with E-state index in [1.807, 2.05) is 24.5 Å². The highest BCUT2D eigenvalue weighted by molar-refractivity contribution is 7.98. The van der Waals surface area contributed by atoms with E-state index in [1.165, 1.54) is 0 Å². The summed E-state index contributed by atoms with van der Waals surface area (Å²) in [6, 6.07) is 15.8. The van der Waals surface area contributed by atoms with Crippen LogP contribution in [0.3, 0.4) is 0 Å². The summed E-state index contributed by atoms with van der Waals surface area (Å²) in [7, 11) is 0. The molecule has 0 heterocycles. The molecule has 0 aliphatic rings. The third-order valence-electron chi connectivity index (χ3n) is 2.62. The van der Waals surface area contributed by atoms with Crippen molar-refractivity contribution in [1.82, 2.24) is 5.32 Å². The van der Waals surface area contributed by atoms with Crippen LogP contribution in [-0.2, 0) is 4.79 Å². The molecule has 0 fully saturated rings. The lowest BCUT2D eigenvalue weighted by atomic mass is 10.3. The van der Waals surface area contributed by atoms with Crippen LogP contribution in [0, 0.1) is 0 Å². The number of carbonyl (C=O) groups excluding carboxylic acids is 2. The molecule has 2 aromatic carbocycles. The van der Waals surface area contributed by atoms with Crippen LogP contribution >= 0.6 is 11.8 Å². The molecule has 0 unspecified atom stereocenters. The SMILES string of the molecule is CSc1ccc(OC(=O)NC(=O)COc2ccccc2)cc1. The van der Waals surface area contributed by atoms with E-state index in [1.54, 1.807) is 48.2 Å². The summed E-state index contributed by atoms with van der Waals surface area (Å²) in [5, 5.41) is 2.10. The van der Waals surface area contributed by atoms with Gasteiger partial charge in [-0.2, -0.15) is 0 Å². The van der Waals surface area contributed by atoms with Gasteiger partial charge in [0.2, 0.25) is 0 Å². The lowest BCUT2D eigenvalue weighted by molar-refractivity contribution is -0.122. The van der Waals surface area contributed by atoms with Gasteiger partial charge < -0.3 is 9.47 Å². The second-order valence-corrected chi connectivity index (χ2v) is 5.09. The van der Waals surface area contributed by atoms with Crippen LogP contribution in [0.25, 0.3) is 0 Å². The third kappa shape index (κ3) is 5.14. The van der Waals surface area contributed by atoms with E-state index in [9.17, 15) is 9.59 Å². The summed E-state index contributed by atoms with van der Waals surface area (Å²) in [4.78, 5) is 24.2. The Labute approximate surface area is 132 Å². The highest BCUT2D eigenvalue weighted by atomic mass is 32.2. The Hall–Kier alpha value is -2.47. The highest BCUT2D eigenvalue weighted by Gasteiger charge is 2.10. The zero-order valence-corrected chi connectivity index (χ0v) is 12.8. The smallest absolute Gasteiger partial charge is 0.419 e. The summed E-state index contributed by atoms with van der Waals surface area (Å²) in [5.41, 5.74) is 0. The van der Waals surface area contributed by atoms with E-state index >= 15 is 0 Å². The monoisotopic (exact) mass is 317 g/mol. The summed E-state index contributed by atoms with van der Waals surface area (Å²) in [6.07, 6.45) is 1.12. The van der Waals surface area contributed by atoms with Crippen molar-refractivity contribution in [2.24, 2.45) is 0 Å². The van der Waals surface area contributed by atoms with Crippen LogP contribution in [-0.4, -0.2) is 24.9 Å². The number of imide groups is 1. The molecule has 0 aliphatic carbocycles. The Morgan fingerprint density at radius 1 is 1.00 bits per heavy atom. The van der Waals surface area contributed by atoms with Crippen molar-refractivity contribution in [2.45, 2.75) is 4.90 Å². The van der Waals surface area contributed by atoms with Crippen LogP contribution in [0.4, 0.5) is 4.79 Å². The number of nitrogens with one attached hydrogen (secondary N) is 1. The quantitative estimate of drug-likeness (QED) is 0.859. The van der Waals surface area contributed by atoms with Gasteiger partial charge in [0, 0.05) is 4.90 Å². The van der Waals surface area contributed by atoms with Crippen LogP contribution in [0.15, 0.2) is 59.5 Å². The molecule has 22 heavy (non-hydrogen) atoms. The van der Waals surface area contributed by atoms with E-state index in [4.69, 9.17) is 9.47 Å². The van der Waals surface area contributed by atoms with E-state index in [-0.39, 0.29) is 6.61 Å². The third-order valence-corrected chi connectivity index (χ3v) is 3.37. The molecule has 0 saturated carbocycles. The molecule has 0 aromatic heterocycles. The molecule has 6 heteroatoms. The number of hydrogen-bond donors (Lipinski definition) is 1. The molecule has 1 N–H and O–H groups in total.